The second-order valence-electron chi connectivity index (χ2n) is 7.78. The van der Waals surface area contributed by atoms with E-state index in [-0.39, 0.29) is 11.2 Å². The molecule has 2 heterocycles. The van der Waals surface area contributed by atoms with Crippen molar-refractivity contribution < 1.29 is 4.39 Å². The van der Waals surface area contributed by atoms with Crippen molar-refractivity contribution in [3.8, 4) is 0 Å². The topological polar surface area (TPSA) is 37.2 Å². The molecule has 5 nitrogen and oxygen atoms in total. The second kappa shape index (κ2) is 6.62. The predicted octanol–water partition coefficient (Wildman–Crippen LogP) is 3.36. The summed E-state index contributed by atoms with van der Waals surface area (Å²) in [6, 6.07) is 17.4. The Morgan fingerprint density at radius 3 is 2.11 bits per heavy atom. The molecular weight excluding hydrogens is 353 g/mol. The molecule has 1 saturated carbocycles. The van der Waals surface area contributed by atoms with Crippen molar-refractivity contribution in [3.63, 3.8) is 0 Å². The van der Waals surface area contributed by atoms with Gasteiger partial charge in [0.15, 0.2) is 0 Å². The van der Waals surface area contributed by atoms with E-state index in [0.717, 1.165) is 56.5 Å². The average Bonchev–Trinajstić information content (AvgIpc) is 3.46. The number of nitrogens with zero attached hydrogens (tertiary/aromatic N) is 5. The fraction of sp³-hybridized carbons (Fsp3) is 0.364. The van der Waals surface area contributed by atoms with Crippen LogP contribution in [-0.4, -0.2) is 40.9 Å². The number of hydrogen-bond acceptors (Lipinski definition) is 4. The molecule has 1 saturated heterocycles. The van der Waals surface area contributed by atoms with Gasteiger partial charge in [-0.05, 0) is 42.7 Å². The van der Waals surface area contributed by atoms with Crippen LogP contribution in [0.5, 0.6) is 0 Å². The minimum atomic E-state index is -0.193. The van der Waals surface area contributed by atoms with Gasteiger partial charge in [0.2, 0.25) is 5.95 Å². The molecule has 144 valence electrons. The zero-order valence-corrected chi connectivity index (χ0v) is 16.1. The Morgan fingerprint density at radius 2 is 1.46 bits per heavy atom. The molecule has 2 aromatic carbocycles. The number of benzene rings is 2. The molecule has 0 amide bonds. The lowest BCUT2D eigenvalue weighted by Crippen LogP contribution is -2.47. The van der Waals surface area contributed by atoms with Crippen molar-refractivity contribution in [1.29, 1.82) is 0 Å². The summed E-state index contributed by atoms with van der Waals surface area (Å²) in [6.07, 6.45) is 2.25. The van der Waals surface area contributed by atoms with Gasteiger partial charge in [-0.25, -0.2) is 4.39 Å². The lowest BCUT2D eigenvalue weighted by Gasteiger charge is -2.36. The number of rotatable bonds is 4. The minimum absolute atomic E-state index is 0.0250. The molecule has 0 unspecified atom stereocenters. The van der Waals surface area contributed by atoms with E-state index in [1.54, 1.807) is 0 Å². The average molecular weight is 377 g/mol. The van der Waals surface area contributed by atoms with E-state index >= 15 is 0 Å². The molecule has 1 aliphatic carbocycles. The molecule has 0 spiro atoms. The highest BCUT2D eigenvalue weighted by Crippen LogP contribution is 2.52. The van der Waals surface area contributed by atoms with Crippen molar-refractivity contribution >= 4 is 11.6 Å². The fourth-order valence-electron chi connectivity index (χ4n) is 4.35. The van der Waals surface area contributed by atoms with E-state index in [1.165, 1.54) is 17.7 Å². The van der Waals surface area contributed by atoms with Gasteiger partial charge >= 0.3 is 0 Å². The molecule has 0 N–H and O–H groups in total. The highest BCUT2D eigenvalue weighted by molar-refractivity contribution is 5.49. The lowest BCUT2D eigenvalue weighted by atomic mass is 9.95. The van der Waals surface area contributed by atoms with Gasteiger partial charge in [-0.1, -0.05) is 30.3 Å². The molecule has 2 fully saturated rings. The Morgan fingerprint density at radius 1 is 0.821 bits per heavy atom. The van der Waals surface area contributed by atoms with Gasteiger partial charge in [-0.15, -0.1) is 10.2 Å². The van der Waals surface area contributed by atoms with Crippen LogP contribution in [0.25, 0.3) is 0 Å². The maximum absolute atomic E-state index is 13.2. The molecule has 0 bridgehead atoms. The third-order valence-electron chi connectivity index (χ3n) is 6.11. The number of aromatic nitrogens is 3. The number of hydrogen-bond donors (Lipinski definition) is 0. The first kappa shape index (κ1) is 17.2. The summed E-state index contributed by atoms with van der Waals surface area (Å²) in [6.45, 7) is 3.53. The Balaban J connectivity index is 1.33. The van der Waals surface area contributed by atoms with Crippen molar-refractivity contribution in [3.05, 3.63) is 71.8 Å². The maximum Gasteiger partial charge on any atom is 0.227 e. The quantitative estimate of drug-likeness (QED) is 0.699. The third kappa shape index (κ3) is 2.84. The molecule has 3 aromatic rings. The Hall–Kier alpha value is -2.89. The van der Waals surface area contributed by atoms with Crippen LogP contribution in [0, 0.1) is 5.82 Å². The molecule has 28 heavy (non-hydrogen) atoms. The summed E-state index contributed by atoms with van der Waals surface area (Å²) in [7, 11) is 2.08. The summed E-state index contributed by atoms with van der Waals surface area (Å²) < 4.78 is 15.3. The normalized spacial score (nSPS) is 18.4. The number of anilines is 2. The van der Waals surface area contributed by atoms with Crippen LogP contribution in [-0.2, 0) is 12.5 Å². The fourth-order valence-corrected chi connectivity index (χ4v) is 4.35. The summed E-state index contributed by atoms with van der Waals surface area (Å²) in [5, 5.41) is 9.16. The van der Waals surface area contributed by atoms with Gasteiger partial charge in [0.05, 0.1) is 5.41 Å². The number of piperazine rings is 1. The van der Waals surface area contributed by atoms with E-state index in [4.69, 9.17) is 0 Å². The van der Waals surface area contributed by atoms with Gasteiger partial charge in [0, 0.05) is 38.9 Å². The smallest absolute Gasteiger partial charge is 0.227 e. The first-order valence-corrected chi connectivity index (χ1v) is 9.88. The maximum atomic E-state index is 13.2. The largest absolute Gasteiger partial charge is 0.368 e. The molecular formula is C22H24FN5. The molecule has 5 rings (SSSR count). The van der Waals surface area contributed by atoms with Gasteiger partial charge in [0.1, 0.15) is 11.6 Å². The van der Waals surface area contributed by atoms with Crippen LogP contribution in [0.3, 0.4) is 0 Å². The SMILES string of the molecule is Cn1c(N2CCN(c3ccc(F)cc3)CC2)nnc1C1(c2ccccc2)CC1. The Kier molecular flexibility index (Phi) is 4.07. The van der Waals surface area contributed by atoms with Crippen molar-refractivity contribution in [1.82, 2.24) is 14.8 Å². The number of halogens is 1. The summed E-state index contributed by atoms with van der Waals surface area (Å²) >= 11 is 0. The summed E-state index contributed by atoms with van der Waals surface area (Å²) in [4.78, 5) is 4.59. The van der Waals surface area contributed by atoms with Crippen LogP contribution in [0.4, 0.5) is 16.0 Å². The van der Waals surface area contributed by atoms with Crippen molar-refractivity contribution in [2.24, 2.45) is 7.05 Å². The summed E-state index contributed by atoms with van der Waals surface area (Å²) in [5.41, 5.74) is 2.43. The summed E-state index contributed by atoms with van der Waals surface area (Å²) in [5.74, 6) is 1.81. The zero-order chi connectivity index (χ0) is 19.1. The minimum Gasteiger partial charge on any atom is -0.368 e. The monoisotopic (exact) mass is 377 g/mol. The Labute approximate surface area is 164 Å². The molecule has 2 aliphatic rings. The standard InChI is InChI=1S/C22H24FN5/c1-26-20(22(11-12-22)17-5-3-2-4-6-17)24-25-21(26)28-15-13-27(14-16-28)19-9-7-18(23)8-10-19/h2-10H,11-16H2,1H3. The van der Waals surface area contributed by atoms with E-state index in [0.29, 0.717) is 0 Å². The van der Waals surface area contributed by atoms with E-state index < -0.39 is 0 Å². The lowest BCUT2D eigenvalue weighted by molar-refractivity contribution is 0.616. The highest BCUT2D eigenvalue weighted by atomic mass is 19.1. The molecule has 1 aliphatic heterocycles. The van der Waals surface area contributed by atoms with Crippen molar-refractivity contribution in [2.75, 3.05) is 36.0 Å². The van der Waals surface area contributed by atoms with Crippen LogP contribution in [0.15, 0.2) is 54.6 Å². The van der Waals surface area contributed by atoms with Crippen LogP contribution in [0.1, 0.15) is 24.2 Å². The molecule has 1 aromatic heterocycles. The van der Waals surface area contributed by atoms with Gasteiger partial charge in [-0.3, -0.25) is 4.57 Å². The van der Waals surface area contributed by atoms with Crippen LogP contribution < -0.4 is 9.80 Å². The Bertz CT molecular complexity index is 954. The van der Waals surface area contributed by atoms with Crippen molar-refractivity contribution in [2.45, 2.75) is 18.3 Å². The molecule has 6 heteroatoms. The first-order chi connectivity index (χ1) is 13.7. The predicted molar refractivity (Wildman–Crippen MR) is 108 cm³/mol. The van der Waals surface area contributed by atoms with Crippen LogP contribution >= 0.6 is 0 Å². The third-order valence-corrected chi connectivity index (χ3v) is 6.11. The molecule has 0 atom stereocenters. The first-order valence-electron chi connectivity index (χ1n) is 9.88. The zero-order valence-electron chi connectivity index (χ0n) is 16.1. The van der Waals surface area contributed by atoms with Gasteiger partial charge < -0.3 is 9.80 Å². The van der Waals surface area contributed by atoms with E-state index in [2.05, 4.69) is 61.9 Å². The van der Waals surface area contributed by atoms with Gasteiger partial charge in [-0.2, -0.15) is 0 Å². The second-order valence-corrected chi connectivity index (χ2v) is 7.78. The highest BCUT2D eigenvalue weighted by Gasteiger charge is 2.50. The molecule has 0 radical (unpaired) electrons. The van der Waals surface area contributed by atoms with E-state index in [1.807, 2.05) is 12.1 Å². The van der Waals surface area contributed by atoms with Crippen LogP contribution in [0.2, 0.25) is 0 Å². The van der Waals surface area contributed by atoms with E-state index in [9.17, 15) is 4.39 Å². The van der Waals surface area contributed by atoms with Gasteiger partial charge in [0.25, 0.3) is 0 Å².